The smallest absolute Gasteiger partial charge is 0.254 e. The fourth-order valence-electron chi connectivity index (χ4n) is 6.11. The van der Waals surface area contributed by atoms with Gasteiger partial charge < -0.3 is 10.2 Å². The van der Waals surface area contributed by atoms with Gasteiger partial charge in [-0.3, -0.25) is 9.59 Å². The van der Waals surface area contributed by atoms with Crippen molar-refractivity contribution in [1.82, 2.24) is 4.90 Å². The first kappa shape index (κ1) is 23.9. The second-order valence-electron chi connectivity index (χ2n) is 11.0. The minimum Gasteiger partial charge on any atom is -0.330 e. The van der Waals surface area contributed by atoms with Gasteiger partial charge in [0, 0.05) is 23.4 Å². The number of anilines is 1. The Labute approximate surface area is 217 Å². The van der Waals surface area contributed by atoms with Crippen molar-refractivity contribution in [2.45, 2.75) is 64.0 Å². The minimum atomic E-state index is -0.327. The van der Waals surface area contributed by atoms with Crippen LogP contribution < -0.4 is 5.32 Å². The highest BCUT2D eigenvalue weighted by atomic mass is 19.1. The molecule has 0 aromatic heterocycles. The Morgan fingerprint density at radius 3 is 2.43 bits per heavy atom. The minimum absolute atomic E-state index is 0.0591. The van der Waals surface area contributed by atoms with E-state index in [-0.39, 0.29) is 30.1 Å². The number of nitrogens with one attached hydrogen (secondary N) is 1. The van der Waals surface area contributed by atoms with Crippen LogP contribution in [0.4, 0.5) is 10.1 Å². The van der Waals surface area contributed by atoms with Crippen molar-refractivity contribution in [2.24, 2.45) is 11.8 Å². The number of benzene rings is 3. The normalized spacial score (nSPS) is 18.2. The van der Waals surface area contributed by atoms with Crippen molar-refractivity contribution in [1.29, 1.82) is 0 Å². The van der Waals surface area contributed by atoms with Gasteiger partial charge in [-0.1, -0.05) is 55.3 Å². The van der Waals surface area contributed by atoms with E-state index < -0.39 is 0 Å². The van der Waals surface area contributed by atoms with Crippen LogP contribution in [0.25, 0.3) is 0 Å². The number of amides is 2. The van der Waals surface area contributed by atoms with Gasteiger partial charge in [0.25, 0.3) is 5.91 Å². The summed E-state index contributed by atoms with van der Waals surface area (Å²) in [7, 11) is 0. The molecule has 0 spiro atoms. The molecular formula is C32H33FN2O2. The molecular weight excluding hydrogens is 463 g/mol. The third-order valence-corrected chi connectivity index (χ3v) is 8.27. The molecule has 5 heteroatoms. The van der Waals surface area contributed by atoms with Gasteiger partial charge in [0.05, 0.1) is 12.5 Å². The molecule has 0 radical (unpaired) electrons. The molecule has 1 heterocycles. The molecule has 4 nitrogen and oxygen atoms in total. The Bertz CT molecular complexity index is 1310. The van der Waals surface area contributed by atoms with E-state index in [2.05, 4.69) is 17.4 Å². The maximum Gasteiger partial charge on any atom is 0.254 e. The molecule has 1 atom stereocenters. The monoisotopic (exact) mass is 496 g/mol. The SMILES string of the molecule is O=C(Nc1cccc(CC2CC2)c1)[C@H](c1ccc(CN2Cc3c(F)cccc3C2=O)cc1)C1CCCC1. The number of carbonyl (C=O) groups is 2. The fourth-order valence-corrected chi connectivity index (χ4v) is 6.11. The highest BCUT2D eigenvalue weighted by Crippen LogP contribution is 2.39. The Kier molecular flexibility index (Phi) is 6.54. The first-order valence-electron chi connectivity index (χ1n) is 13.6. The topological polar surface area (TPSA) is 49.4 Å². The lowest BCUT2D eigenvalue weighted by atomic mass is 9.83. The van der Waals surface area contributed by atoms with Crippen molar-refractivity contribution < 1.29 is 14.0 Å². The number of halogens is 1. The molecule has 2 fully saturated rings. The lowest BCUT2D eigenvalue weighted by Gasteiger charge is -2.24. The van der Waals surface area contributed by atoms with Gasteiger partial charge in [-0.05, 0) is 84.9 Å². The second-order valence-corrected chi connectivity index (χ2v) is 11.0. The second kappa shape index (κ2) is 10.1. The van der Waals surface area contributed by atoms with Gasteiger partial charge in [0.15, 0.2) is 0 Å². The molecule has 37 heavy (non-hydrogen) atoms. The molecule has 2 saturated carbocycles. The van der Waals surface area contributed by atoms with Gasteiger partial charge in [-0.15, -0.1) is 0 Å². The molecule has 2 aliphatic carbocycles. The quantitative estimate of drug-likeness (QED) is 0.371. The van der Waals surface area contributed by atoms with Crippen LogP contribution in [0.15, 0.2) is 66.7 Å². The van der Waals surface area contributed by atoms with Gasteiger partial charge >= 0.3 is 0 Å². The van der Waals surface area contributed by atoms with E-state index in [1.807, 2.05) is 36.4 Å². The van der Waals surface area contributed by atoms with Gasteiger partial charge in [0.2, 0.25) is 5.91 Å². The summed E-state index contributed by atoms with van der Waals surface area (Å²) in [5.41, 5.74) is 5.09. The third-order valence-electron chi connectivity index (χ3n) is 8.27. The Morgan fingerprint density at radius 1 is 0.946 bits per heavy atom. The summed E-state index contributed by atoms with van der Waals surface area (Å²) in [4.78, 5) is 28.0. The largest absolute Gasteiger partial charge is 0.330 e. The molecule has 0 unspecified atom stereocenters. The Balaban J connectivity index is 1.17. The van der Waals surface area contributed by atoms with Crippen LogP contribution in [0.1, 0.15) is 77.1 Å². The van der Waals surface area contributed by atoms with E-state index in [1.54, 1.807) is 17.0 Å². The first-order chi connectivity index (χ1) is 18.0. The first-order valence-corrected chi connectivity index (χ1v) is 13.6. The van der Waals surface area contributed by atoms with E-state index >= 15 is 0 Å². The van der Waals surface area contributed by atoms with E-state index in [9.17, 15) is 14.0 Å². The zero-order chi connectivity index (χ0) is 25.4. The number of nitrogens with zero attached hydrogens (tertiary/aromatic N) is 1. The van der Waals surface area contributed by atoms with Crippen molar-refractivity contribution >= 4 is 17.5 Å². The van der Waals surface area contributed by atoms with Crippen LogP contribution in [0.5, 0.6) is 0 Å². The van der Waals surface area contributed by atoms with Gasteiger partial charge in [0.1, 0.15) is 5.82 Å². The molecule has 1 N–H and O–H groups in total. The average Bonchev–Trinajstić information content (AvgIpc) is 3.43. The van der Waals surface area contributed by atoms with Crippen molar-refractivity contribution in [3.8, 4) is 0 Å². The summed E-state index contributed by atoms with van der Waals surface area (Å²) in [6, 6.07) is 21.1. The summed E-state index contributed by atoms with van der Waals surface area (Å²) >= 11 is 0. The molecule has 0 bridgehead atoms. The number of carbonyl (C=O) groups excluding carboxylic acids is 2. The van der Waals surface area contributed by atoms with Crippen LogP contribution in [-0.4, -0.2) is 16.7 Å². The summed E-state index contributed by atoms with van der Waals surface area (Å²) in [6.45, 7) is 0.705. The van der Waals surface area contributed by atoms with E-state index in [1.165, 1.54) is 24.5 Å². The number of hydrogen-bond donors (Lipinski definition) is 1. The highest BCUT2D eigenvalue weighted by Gasteiger charge is 2.33. The predicted molar refractivity (Wildman–Crippen MR) is 143 cm³/mol. The van der Waals surface area contributed by atoms with Crippen molar-refractivity contribution in [3.05, 3.63) is 100 Å². The zero-order valence-corrected chi connectivity index (χ0v) is 21.1. The van der Waals surface area contributed by atoms with Crippen molar-refractivity contribution in [3.63, 3.8) is 0 Å². The zero-order valence-electron chi connectivity index (χ0n) is 21.1. The maximum absolute atomic E-state index is 14.2. The molecule has 2 amide bonds. The molecule has 1 aliphatic heterocycles. The predicted octanol–water partition coefficient (Wildman–Crippen LogP) is 6.85. The van der Waals surface area contributed by atoms with Crippen LogP contribution in [0.2, 0.25) is 0 Å². The van der Waals surface area contributed by atoms with Gasteiger partial charge in [-0.25, -0.2) is 4.39 Å². The fraction of sp³-hybridized carbons (Fsp3) is 0.375. The molecule has 3 aromatic rings. The van der Waals surface area contributed by atoms with Crippen LogP contribution in [0, 0.1) is 17.7 Å². The molecule has 190 valence electrons. The molecule has 0 saturated heterocycles. The number of hydrogen-bond acceptors (Lipinski definition) is 2. The Morgan fingerprint density at radius 2 is 1.70 bits per heavy atom. The summed E-state index contributed by atoms with van der Waals surface area (Å²) in [5.74, 6) is 0.537. The van der Waals surface area contributed by atoms with E-state index in [0.717, 1.165) is 54.8 Å². The highest BCUT2D eigenvalue weighted by molar-refractivity contribution is 5.98. The summed E-state index contributed by atoms with van der Waals surface area (Å²) < 4.78 is 14.2. The van der Waals surface area contributed by atoms with Crippen LogP contribution in [-0.2, 0) is 24.3 Å². The van der Waals surface area contributed by atoms with E-state index in [4.69, 9.17) is 0 Å². The van der Waals surface area contributed by atoms with Gasteiger partial charge in [-0.2, -0.15) is 0 Å². The van der Waals surface area contributed by atoms with Crippen molar-refractivity contribution in [2.75, 3.05) is 5.32 Å². The summed E-state index contributed by atoms with van der Waals surface area (Å²) in [6.07, 6.45) is 8.17. The number of fused-ring (bicyclic) bond motifs is 1. The van der Waals surface area contributed by atoms with Crippen LogP contribution >= 0.6 is 0 Å². The Hall–Kier alpha value is -3.47. The van der Waals surface area contributed by atoms with E-state index in [0.29, 0.717) is 23.6 Å². The molecule has 6 rings (SSSR count). The lowest BCUT2D eigenvalue weighted by Crippen LogP contribution is -2.27. The maximum atomic E-state index is 14.2. The average molecular weight is 497 g/mol. The standard InChI is InChI=1S/C32H33FN2O2/c33-29-10-4-9-27-28(29)20-35(32(27)37)19-22-13-15-25(16-14-22)30(24-6-1-2-7-24)31(36)34-26-8-3-5-23(18-26)17-21-11-12-21/h3-5,8-10,13-16,18,21,24,30H,1-2,6-7,11-12,17,19-20H2,(H,34,36)/t30-/m0/s1. The van der Waals surface area contributed by atoms with Crippen LogP contribution in [0.3, 0.4) is 0 Å². The summed E-state index contributed by atoms with van der Waals surface area (Å²) in [5, 5.41) is 3.22. The molecule has 3 aromatic carbocycles. The lowest BCUT2D eigenvalue weighted by molar-refractivity contribution is -0.118. The molecule has 3 aliphatic rings. The number of rotatable bonds is 8. The third kappa shape index (κ3) is 5.18.